The number of carbonyl (C=O) groups excluding carboxylic acids is 1. The zero-order chi connectivity index (χ0) is 17.9. The Kier molecular flexibility index (Phi) is 5.92. The van der Waals surface area contributed by atoms with E-state index in [1.54, 1.807) is 30.5 Å². The summed E-state index contributed by atoms with van der Waals surface area (Å²) >= 11 is 11.8. The molecule has 126 valence electrons. The second kappa shape index (κ2) is 7.73. The van der Waals surface area contributed by atoms with Gasteiger partial charge in [0.1, 0.15) is 5.75 Å². The number of phenols is 1. The number of hydrogen-bond donors (Lipinski definition) is 2. The maximum absolute atomic E-state index is 12.2. The third-order valence-electron chi connectivity index (χ3n) is 3.62. The number of rotatable bonds is 5. The lowest BCUT2D eigenvalue weighted by atomic mass is 9.99. The second-order valence-corrected chi connectivity index (χ2v) is 6.75. The van der Waals surface area contributed by atoms with Gasteiger partial charge in [0.15, 0.2) is 5.78 Å². The number of benzene rings is 2. The Morgan fingerprint density at radius 1 is 1.12 bits per heavy atom. The number of carbonyl (C=O) groups is 1. The van der Waals surface area contributed by atoms with Gasteiger partial charge < -0.3 is 10.4 Å². The minimum absolute atomic E-state index is 0.199. The van der Waals surface area contributed by atoms with Gasteiger partial charge in [-0.2, -0.15) is 0 Å². The van der Waals surface area contributed by atoms with Gasteiger partial charge in [-0.05, 0) is 54.3 Å². The van der Waals surface area contributed by atoms with Gasteiger partial charge in [-0.3, -0.25) is 4.79 Å². The third-order valence-corrected chi connectivity index (χ3v) is 4.05. The van der Waals surface area contributed by atoms with Crippen LogP contribution in [0.5, 0.6) is 5.75 Å². The maximum atomic E-state index is 12.2. The van der Waals surface area contributed by atoms with Crippen LogP contribution < -0.4 is 5.32 Å². The molecule has 5 heteroatoms. The van der Waals surface area contributed by atoms with Crippen molar-refractivity contribution < 1.29 is 9.90 Å². The van der Waals surface area contributed by atoms with E-state index in [2.05, 4.69) is 5.32 Å². The van der Waals surface area contributed by atoms with Crippen molar-refractivity contribution in [2.45, 2.75) is 26.7 Å². The van der Waals surface area contributed by atoms with Crippen LogP contribution in [-0.2, 0) is 0 Å². The molecule has 0 aliphatic carbocycles. The molecule has 0 saturated carbocycles. The van der Waals surface area contributed by atoms with Gasteiger partial charge >= 0.3 is 0 Å². The number of hydrogen-bond acceptors (Lipinski definition) is 3. The zero-order valence-corrected chi connectivity index (χ0v) is 15.2. The standard InChI is InChI=1S/C19H19Cl2NO2/c1-11(2)16-10-17(12(3)6-19(16)24)22-5-4-18(23)13-7-14(20)9-15(21)8-13/h4-11,22,24H,1-3H3. The molecule has 0 aliphatic heterocycles. The number of nitrogens with one attached hydrogen (secondary N) is 1. The molecule has 0 aliphatic rings. The van der Waals surface area contributed by atoms with Crippen molar-refractivity contribution in [1.29, 1.82) is 0 Å². The molecule has 2 aromatic carbocycles. The molecule has 0 fully saturated rings. The van der Waals surface area contributed by atoms with E-state index in [-0.39, 0.29) is 17.5 Å². The predicted octanol–water partition coefficient (Wildman–Crippen LogP) is 5.94. The van der Waals surface area contributed by atoms with Crippen molar-refractivity contribution in [3.05, 3.63) is 69.3 Å². The van der Waals surface area contributed by atoms with Crippen LogP contribution in [-0.4, -0.2) is 10.9 Å². The lowest BCUT2D eigenvalue weighted by Crippen LogP contribution is -1.99. The number of aryl methyl sites for hydroxylation is 1. The Balaban J connectivity index is 2.16. The number of aromatic hydroxyl groups is 1. The van der Waals surface area contributed by atoms with Gasteiger partial charge in [-0.15, -0.1) is 0 Å². The van der Waals surface area contributed by atoms with E-state index in [1.165, 1.54) is 6.08 Å². The highest BCUT2D eigenvalue weighted by Crippen LogP contribution is 2.31. The van der Waals surface area contributed by atoms with Crippen molar-refractivity contribution >= 4 is 34.7 Å². The minimum atomic E-state index is -0.201. The molecular formula is C19H19Cl2NO2. The van der Waals surface area contributed by atoms with Crippen LogP contribution in [0.1, 0.15) is 41.3 Å². The number of halogens is 2. The monoisotopic (exact) mass is 363 g/mol. The summed E-state index contributed by atoms with van der Waals surface area (Å²) in [6, 6.07) is 8.32. The number of phenolic OH excluding ortho intramolecular Hbond substituents is 1. The van der Waals surface area contributed by atoms with Crippen LogP contribution in [0.25, 0.3) is 0 Å². The molecule has 2 rings (SSSR count). The van der Waals surface area contributed by atoms with Crippen molar-refractivity contribution in [3.63, 3.8) is 0 Å². The van der Waals surface area contributed by atoms with Crippen LogP contribution in [0.3, 0.4) is 0 Å². The Bertz CT molecular complexity index is 778. The van der Waals surface area contributed by atoms with Crippen LogP contribution in [0, 0.1) is 6.92 Å². The fourth-order valence-corrected chi connectivity index (χ4v) is 2.85. The summed E-state index contributed by atoms with van der Waals surface area (Å²) in [5, 5.41) is 13.9. The molecule has 0 heterocycles. The molecule has 0 atom stereocenters. The average Bonchev–Trinajstić information content (AvgIpc) is 2.47. The summed E-state index contributed by atoms with van der Waals surface area (Å²) < 4.78 is 0. The molecule has 0 aromatic heterocycles. The highest BCUT2D eigenvalue weighted by atomic mass is 35.5. The molecule has 0 amide bonds. The third kappa shape index (κ3) is 4.53. The second-order valence-electron chi connectivity index (χ2n) is 5.88. The summed E-state index contributed by atoms with van der Waals surface area (Å²) in [5.41, 5.74) is 3.00. The quantitative estimate of drug-likeness (QED) is 0.392. The van der Waals surface area contributed by atoms with Gasteiger partial charge in [0, 0.05) is 33.6 Å². The Morgan fingerprint density at radius 2 is 1.75 bits per heavy atom. The number of ketones is 1. The van der Waals surface area contributed by atoms with Gasteiger partial charge in [0.05, 0.1) is 0 Å². The highest BCUT2D eigenvalue weighted by molar-refractivity contribution is 6.35. The smallest absolute Gasteiger partial charge is 0.187 e. The molecule has 0 bridgehead atoms. The largest absolute Gasteiger partial charge is 0.508 e. The minimum Gasteiger partial charge on any atom is -0.508 e. The molecule has 2 N–H and O–H groups in total. The van der Waals surface area contributed by atoms with Crippen LogP contribution in [0.15, 0.2) is 42.6 Å². The predicted molar refractivity (Wildman–Crippen MR) is 100 cm³/mol. The fourth-order valence-electron chi connectivity index (χ4n) is 2.33. The topological polar surface area (TPSA) is 49.3 Å². The van der Waals surface area contributed by atoms with Gasteiger partial charge in [0.2, 0.25) is 0 Å². The van der Waals surface area contributed by atoms with E-state index in [4.69, 9.17) is 23.2 Å². The van der Waals surface area contributed by atoms with Crippen LogP contribution >= 0.6 is 23.2 Å². The van der Waals surface area contributed by atoms with E-state index in [1.807, 2.05) is 26.8 Å². The number of anilines is 1. The van der Waals surface area contributed by atoms with E-state index < -0.39 is 0 Å². The first-order valence-corrected chi connectivity index (χ1v) is 8.30. The Hall–Kier alpha value is -1.97. The lowest BCUT2D eigenvalue weighted by molar-refractivity contribution is 0.104. The first-order valence-electron chi connectivity index (χ1n) is 7.55. The summed E-state index contributed by atoms with van der Waals surface area (Å²) in [7, 11) is 0. The molecule has 0 unspecified atom stereocenters. The molecular weight excluding hydrogens is 345 g/mol. The molecule has 24 heavy (non-hydrogen) atoms. The fraction of sp³-hybridized carbons (Fsp3) is 0.211. The summed E-state index contributed by atoms with van der Waals surface area (Å²) in [6.45, 7) is 5.91. The summed E-state index contributed by atoms with van der Waals surface area (Å²) in [6.07, 6.45) is 2.99. The van der Waals surface area contributed by atoms with E-state index in [0.717, 1.165) is 16.8 Å². The van der Waals surface area contributed by atoms with Crippen molar-refractivity contribution in [2.75, 3.05) is 5.32 Å². The van der Waals surface area contributed by atoms with Gasteiger partial charge in [-0.1, -0.05) is 37.0 Å². The van der Waals surface area contributed by atoms with Gasteiger partial charge in [-0.25, -0.2) is 0 Å². The Labute approximate surface area is 151 Å². The van der Waals surface area contributed by atoms with Crippen molar-refractivity contribution in [3.8, 4) is 5.75 Å². The summed E-state index contributed by atoms with van der Waals surface area (Å²) in [4.78, 5) is 12.2. The Morgan fingerprint density at radius 3 is 2.33 bits per heavy atom. The molecule has 0 spiro atoms. The molecule has 0 radical (unpaired) electrons. The zero-order valence-electron chi connectivity index (χ0n) is 13.7. The van der Waals surface area contributed by atoms with E-state index in [0.29, 0.717) is 15.6 Å². The van der Waals surface area contributed by atoms with Gasteiger partial charge in [0.25, 0.3) is 0 Å². The van der Waals surface area contributed by atoms with E-state index in [9.17, 15) is 9.90 Å². The lowest BCUT2D eigenvalue weighted by Gasteiger charge is -2.13. The van der Waals surface area contributed by atoms with Crippen molar-refractivity contribution in [2.24, 2.45) is 0 Å². The maximum Gasteiger partial charge on any atom is 0.187 e. The molecule has 3 nitrogen and oxygen atoms in total. The van der Waals surface area contributed by atoms with E-state index >= 15 is 0 Å². The first-order chi connectivity index (χ1) is 11.3. The molecule has 0 saturated heterocycles. The summed E-state index contributed by atoms with van der Waals surface area (Å²) in [5.74, 6) is 0.277. The van der Waals surface area contributed by atoms with Crippen molar-refractivity contribution in [1.82, 2.24) is 0 Å². The first kappa shape index (κ1) is 18.4. The molecule has 2 aromatic rings. The van der Waals surface area contributed by atoms with Crippen LogP contribution in [0.2, 0.25) is 10.0 Å². The average molecular weight is 364 g/mol. The highest BCUT2D eigenvalue weighted by Gasteiger charge is 2.09. The SMILES string of the molecule is Cc1cc(O)c(C(C)C)cc1NC=CC(=O)c1cc(Cl)cc(Cl)c1. The normalized spacial score (nSPS) is 11.2. The van der Waals surface area contributed by atoms with Crippen LogP contribution in [0.4, 0.5) is 5.69 Å². The number of allylic oxidation sites excluding steroid dienone is 1.